The molecule has 2 aromatic carbocycles. The van der Waals surface area contributed by atoms with E-state index >= 15 is 0 Å². The summed E-state index contributed by atoms with van der Waals surface area (Å²) in [6, 6.07) is 13.1. The van der Waals surface area contributed by atoms with Crippen LogP contribution >= 0.6 is 23.2 Å². The van der Waals surface area contributed by atoms with Crippen LogP contribution in [0.3, 0.4) is 0 Å². The molecule has 0 spiro atoms. The molecule has 25 heavy (non-hydrogen) atoms. The molecule has 1 heterocycles. The third-order valence-electron chi connectivity index (χ3n) is 3.30. The van der Waals surface area contributed by atoms with Crippen molar-refractivity contribution < 1.29 is 4.42 Å². The second-order valence-corrected chi connectivity index (χ2v) is 5.97. The van der Waals surface area contributed by atoms with Crippen LogP contribution in [0.1, 0.15) is 25.3 Å². The van der Waals surface area contributed by atoms with Crippen LogP contribution in [0.4, 0.5) is 0 Å². The number of halogens is 2. The van der Waals surface area contributed by atoms with Gasteiger partial charge in [-0.05, 0) is 29.8 Å². The molecule has 0 fully saturated rings. The second kappa shape index (κ2) is 9.44. The van der Waals surface area contributed by atoms with Gasteiger partial charge in [-0.1, -0.05) is 55.2 Å². The summed E-state index contributed by atoms with van der Waals surface area (Å²) in [5.74, 6) is 0.646. The van der Waals surface area contributed by atoms with Crippen LogP contribution in [0.5, 0.6) is 0 Å². The van der Waals surface area contributed by atoms with Gasteiger partial charge >= 0.3 is 0 Å². The van der Waals surface area contributed by atoms with Crippen LogP contribution in [0.25, 0.3) is 11.1 Å². The Bertz CT molecular complexity index is 813. The van der Waals surface area contributed by atoms with Gasteiger partial charge < -0.3 is 4.42 Å². The summed E-state index contributed by atoms with van der Waals surface area (Å²) in [5.41, 5.74) is 2.62. The molecule has 0 amide bonds. The molecule has 0 bridgehead atoms. The van der Waals surface area contributed by atoms with Gasteiger partial charge in [0.05, 0.1) is 13.0 Å². The van der Waals surface area contributed by atoms with Crippen molar-refractivity contribution in [1.29, 1.82) is 0 Å². The highest BCUT2D eigenvalue weighted by atomic mass is 35.5. The summed E-state index contributed by atoms with van der Waals surface area (Å²) in [6.07, 6.45) is 2.31. The van der Waals surface area contributed by atoms with Gasteiger partial charge in [-0.2, -0.15) is 5.10 Å². The van der Waals surface area contributed by atoms with E-state index in [1.165, 1.54) is 0 Å². The minimum absolute atomic E-state index is 0.535. The Morgan fingerprint density at radius 2 is 1.92 bits per heavy atom. The average Bonchev–Trinajstić information content (AvgIpc) is 3.02. The van der Waals surface area contributed by atoms with Crippen molar-refractivity contribution in [2.24, 2.45) is 5.10 Å². The molecule has 0 aliphatic carbocycles. The van der Waals surface area contributed by atoms with E-state index in [2.05, 4.69) is 10.1 Å². The van der Waals surface area contributed by atoms with Crippen LogP contribution < -0.4 is 0 Å². The minimum atomic E-state index is 0.535. The minimum Gasteiger partial charge on any atom is -0.440 e. The molecule has 3 aromatic rings. The molecule has 3 rings (SSSR count). The third-order valence-corrected chi connectivity index (χ3v) is 3.88. The summed E-state index contributed by atoms with van der Waals surface area (Å²) in [4.78, 5) is 4.41. The Morgan fingerprint density at radius 3 is 2.64 bits per heavy atom. The maximum atomic E-state index is 6.16. The van der Waals surface area contributed by atoms with Gasteiger partial charge in [0.15, 0.2) is 5.58 Å². The van der Waals surface area contributed by atoms with E-state index in [9.17, 15) is 0 Å². The van der Waals surface area contributed by atoms with E-state index in [1.54, 1.807) is 17.3 Å². The fourth-order valence-corrected chi connectivity index (χ4v) is 2.67. The molecule has 132 valence electrons. The number of hydrazone groups is 1. The zero-order valence-electron chi connectivity index (χ0n) is 14.5. The average molecular weight is 378 g/mol. The first-order chi connectivity index (χ1) is 12.1. The largest absolute Gasteiger partial charge is 0.440 e. The highest BCUT2D eigenvalue weighted by Crippen LogP contribution is 2.22. The van der Waals surface area contributed by atoms with Gasteiger partial charge in [0.25, 0.3) is 0 Å². The number of para-hydroxylation sites is 2. The van der Waals surface area contributed by atoms with Gasteiger partial charge in [0.1, 0.15) is 5.52 Å². The summed E-state index contributed by atoms with van der Waals surface area (Å²) >= 11 is 12.1. The lowest BCUT2D eigenvalue weighted by atomic mass is 10.2. The highest BCUT2D eigenvalue weighted by Gasteiger charge is 2.05. The predicted octanol–water partition coefficient (Wildman–Crippen LogP) is 5.82. The second-order valence-electron chi connectivity index (χ2n) is 5.13. The fourth-order valence-electron chi connectivity index (χ4n) is 2.20. The van der Waals surface area contributed by atoms with Crippen molar-refractivity contribution in [1.82, 2.24) is 9.99 Å². The normalized spacial score (nSPS) is 10.8. The van der Waals surface area contributed by atoms with Crippen molar-refractivity contribution in [3.8, 4) is 0 Å². The summed E-state index contributed by atoms with van der Waals surface area (Å²) in [7, 11) is 1.88. The molecule has 0 saturated heterocycles. The zero-order chi connectivity index (χ0) is 18.2. The number of nitrogens with zero attached hydrogens (tertiary/aromatic N) is 3. The first-order valence-electron chi connectivity index (χ1n) is 8.14. The van der Waals surface area contributed by atoms with Crippen molar-refractivity contribution in [2.45, 2.75) is 26.8 Å². The number of oxazole rings is 1. The Balaban J connectivity index is 0.00000109. The topological polar surface area (TPSA) is 41.6 Å². The fraction of sp³-hybridized carbons (Fsp3) is 0.263. The molecule has 0 aliphatic heterocycles. The molecule has 0 N–H and O–H groups in total. The van der Waals surface area contributed by atoms with Crippen LogP contribution in [0.15, 0.2) is 52.0 Å². The van der Waals surface area contributed by atoms with Crippen LogP contribution in [-0.4, -0.2) is 23.3 Å². The first-order valence-corrected chi connectivity index (χ1v) is 8.89. The molecule has 0 aliphatic rings. The quantitative estimate of drug-likeness (QED) is 0.415. The van der Waals surface area contributed by atoms with Crippen molar-refractivity contribution in [2.75, 3.05) is 7.05 Å². The molecule has 4 nitrogen and oxygen atoms in total. The maximum absolute atomic E-state index is 6.16. The summed E-state index contributed by atoms with van der Waals surface area (Å²) in [5, 5.41) is 7.43. The van der Waals surface area contributed by atoms with Gasteiger partial charge in [0.2, 0.25) is 5.89 Å². The van der Waals surface area contributed by atoms with Gasteiger partial charge in [0, 0.05) is 23.3 Å². The standard InChI is InChI=1S/C17H15Cl2N3O.C2H6/c1-22(11-12-6-7-13(18)10-14(12)19)20-9-8-17-21-15-4-2-3-5-16(15)23-17;1-2/h2-7,9-10H,8,11H2,1H3;1-2H3/b20-9-;. The monoisotopic (exact) mass is 377 g/mol. The van der Waals surface area contributed by atoms with E-state index in [0.717, 1.165) is 16.7 Å². The molecule has 1 aromatic heterocycles. The van der Waals surface area contributed by atoms with Gasteiger partial charge in [-0.15, -0.1) is 0 Å². The number of rotatable bonds is 5. The van der Waals surface area contributed by atoms with E-state index in [0.29, 0.717) is 28.9 Å². The molecule has 6 heteroatoms. The van der Waals surface area contributed by atoms with E-state index in [1.807, 2.05) is 57.3 Å². The Kier molecular flexibility index (Phi) is 7.29. The van der Waals surface area contributed by atoms with E-state index in [-0.39, 0.29) is 0 Å². The number of hydrogen-bond acceptors (Lipinski definition) is 4. The Hall–Kier alpha value is -2.04. The predicted molar refractivity (Wildman–Crippen MR) is 105 cm³/mol. The zero-order valence-corrected chi connectivity index (χ0v) is 16.1. The Morgan fingerprint density at radius 1 is 1.16 bits per heavy atom. The summed E-state index contributed by atoms with van der Waals surface area (Å²) in [6.45, 7) is 4.60. The van der Waals surface area contributed by atoms with Crippen LogP contribution in [0, 0.1) is 0 Å². The molecule has 0 saturated carbocycles. The molecule has 0 atom stereocenters. The molecular formula is C19H21Cl2N3O. The van der Waals surface area contributed by atoms with E-state index < -0.39 is 0 Å². The SMILES string of the molecule is CC.CN(Cc1ccc(Cl)cc1Cl)/N=C\Cc1nc2ccccc2o1. The number of benzene rings is 2. The van der Waals surface area contributed by atoms with E-state index in [4.69, 9.17) is 27.6 Å². The third kappa shape index (κ3) is 5.48. The smallest absolute Gasteiger partial charge is 0.200 e. The lowest BCUT2D eigenvalue weighted by Gasteiger charge is -2.13. The van der Waals surface area contributed by atoms with Crippen molar-refractivity contribution in [3.05, 3.63) is 64.0 Å². The molecule has 0 radical (unpaired) electrons. The lowest BCUT2D eigenvalue weighted by molar-refractivity contribution is 0.348. The number of aromatic nitrogens is 1. The van der Waals surface area contributed by atoms with Crippen molar-refractivity contribution >= 4 is 40.5 Å². The number of fused-ring (bicyclic) bond motifs is 1. The summed E-state index contributed by atoms with van der Waals surface area (Å²) < 4.78 is 5.64. The first kappa shape index (κ1) is 19.3. The lowest BCUT2D eigenvalue weighted by Crippen LogP contribution is -2.11. The number of hydrogen-bond donors (Lipinski definition) is 0. The highest BCUT2D eigenvalue weighted by molar-refractivity contribution is 6.35. The Labute approximate surface area is 158 Å². The van der Waals surface area contributed by atoms with Crippen molar-refractivity contribution in [3.63, 3.8) is 0 Å². The maximum Gasteiger partial charge on any atom is 0.200 e. The van der Waals surface area contributed by atoms with Gasteiger partial charge in [-0.3, -0.25) is 5.01 Å². The molecule has 0 unspecified atom stereocenters. The molecular weight excluding hydrogens is 357 g/mol. The van der Waals surface area contributed by atoms with Crippen LogP contribution in [0.2, 0.25) is 10.0 Å². The van der Waals surface area contributed by atoms with Gasteiger partial charge in [-0.25, -0.2) is 4.98 Å². The van der Waals surface area contributed by atoms with Crippen LogP contribution in [-0.2, 0) is 13.0 Å².